The number of nitrogens with zero attached hydrogens (tertiary/aromatic N) is 1. The summed E-state index contributed by atoms with van der Waals surface area (Å²) in [4.78, 5) is 11.9. The molecule has 5 heteroatoms. The second-order valence-electron chi connectivity index (χ2n) is 3.88. The van der Waals surface area contributed by atoms with E-state index in [1.54, 1.807) is 13.0 Å². The SMILES string of the molecule is CCCC(C#N)C(=O)c1ccccc1C(F)(F)F. The minimum absolute atomic E-state index is 0.265. The van der Waals surface area contributed by atoms with Gasteiger partial charge >= 0.3 is 6.18 Å². The average Bonchev–Trinajstić information content (AvgIpc) is 2.34. The van der Waals surface area contributed by atoms with Gasteiger partial charge in [0.15, 0.2) is 5.78 Å². The molecule has 0 aliphatic rings. The van der Waals surface area contributed by atoms with Crippen LogP contribution in [0.15, 0.2) is 24.3 Å². The number of alkyl halides is 3. The van der Waals surface area contributed by atoms with Gasteiger partial charge in [0.25, 0.3) is 0 Å². The molecule has 2 nitrogen and oxygen atoms in total. The maximum atomic E-state index is 12.7. The number of rotatable bonds is 4. The number of hydrogen-bond acceptors (Lipinski definition) is 2. The van der Waals surface area contributed by atoms with E-state index >= 15 is 0 Å². The lowest BCUT2D eigenvalue weighted by Gasteiger charge is -2.13. The van der Waals surface area contributed by atoms with Gasteiger partial charge in [0.2, 0.25) is 0 Å². The Labute approximate surface area is 103 Å². The van der Waals surface area contributed by atoms with Gasteiger partial charge in [0.1, 0.15) is 5.92 Å². The van der Waals surface area contributed by atoms with Crippen molar-refractivity contribution in [2.45, 2.75) is 25.9 Å². The van der Waals surface area contributed by atoms with Gasteiger partial charge in [0, 0.05) is 5.56 Å². The van der Waals surface area contributed by atoms with Gasteiger partial charge in [-0.05, 0) is 12.5 Å². The fraction of sp³-hybridized carbons (Fsp3) is 0.385. The van der Waals surface area contributed by atoms with Crippen LogP contribution in [0.4, 0.5) is 13.2 Å². The summed E-state index contributed by atoms with van der Waals surface area (Å²) in [7, 11) is 0. The van der Waals surface area contributed by atoms with Crippen LogP contribution in [-0.4, -0.2) is 5.78 Å². The molecule has 0 saturated carbocycles. The summed E-state index contributed by atoms with van der Waals surface area (Å²) in [6, 6.07) is 6.32. The van der Waals surface area contributed by atoms with Gasteiger partial charge in [-0.3, -0.25) is 4.79 Å². The number of nitriles is 1. The van der Waals surface area contributed by atoms with Gasteiger partial charge in [-0.15, -0.1) is 0 Å². The van der Waals surface area contributed by atoms with E-state index in [1.165, 1.54) is 12.1 Å². The van der Waals surface area contributed by atoms with Crippen LogP contribution >= 0.6 is 0 Å². The molecule has 0 aliphatic carbocycles. The molecule has 0 aromatic heterocycles. The smallest absolute Gasteiger partial charge is 0.293 e. The van der Waals surface area contributed by atoms with Crippen LogP contribution in [-0.2, 0) is 6.18 Å². The molecule has 0 fully saturated rings. The fourth-order valence-corrected chi connectivity index (χ4v) is 1.68. The predicted molar refractivity (Wildman–Crippen MR) is 59.8 cm³/mol. The third-order valence-electron chi connectivity index (χ3n) is 2.55. The topological polar surface area (TPSA) is 40.9 Å². The Morgan fingerprint density at radius 3 is 2.50 bits per heavy atom. The summed E-state index contributed by atoms with van der Waals surface area (Å²) in [5.74, 6) is -1.77. The zero-order valence-electron chi connectivity index (χ0n) is 9.79. The molecule has 1 aromatic carbocycles. The van der Waals surface area contributed by atoms with Crippen LogP contribution in [0.1, 0.15) is 35.7 Å². The summed E-state index contributed by atoms with van der Waals surface area (Å²) in [5, 5.41) is 8.83. The number of carbonyl (C=O) groups excluding carboxylic acids is 1. The van der Waals surface area contributed by atoms with Crippen LogP contribution in [0.25, 0.3) is 0 Å². The lowest BCUT2D eigenvalue weighted by molar-refractivity contribution is -0.137. The first kappa shape index (κ1) is 14.2. The highest BCUT2D eigenvalue weighted by Gasteiger charge is 2.36. The predicted octanol–water partition coefficient (Wildman–Crippen LogP) is 3.83. The number of ketones is 1. The first-order chi connectivity index (χ1) is 8.41. The molecular formula is C13H12F3NO. The number of Topliss-reactive ketones (excluding diaryl/α,β-unsaturated/α-hetero) is 1. The molecule has 96 valence electrons. The van der Waals surface area contributed by atoms with Crippen molar-refractivity contribution >= 4 is 5.78 Å². The highest BCUT2D eigenvalue weighted by atomic mass is 19.4. The Bertz CT molecular complexity index is 474. The highest BCUT2D eigenvalue weighted by molar-refractivity contribution is 6.00. The maximum absolute atomic E-state index is 12.7. The molecule has 1 unspecified atom stereocenters. The molecule has 0 amide bonds. The van der Waals surface area contributed by atoms with Crippen LogP contribution < -0.4 is 0 Å². The Morgan fingerprint density at radius 2 is 2.00 bits per heavy atom. The summed E-state index contributed by atoms with van der Waals surface area (Å²) in [6.07, 6.45) is -3.75. The van der Waals surface area contributed by atoms with Crippen molar-refractivity contribution in [2.75, 3.05) is 0 Å². The third-order valence-corrected chi connectivity index (χ3v) is 2.55. The largest absolute Gasteiger partial charge is 0.417 e. The van der Waals surface area contributed by atoms with Crippen LogP contribution in [0, 0.1) is 17.2 Å². The van der Waals surface area contributed by atoms with E-state index < -0.39 is 29.0 Å². The monoisotopic (exact) mass is 255 g/mol. The first-order valence-electron chi connectivity index (χ1n) is 5.51. The standard InChI is InChI=1S/C13H12F3NO/c1-2-5-9(8-17)12(18)10-6-3-4-7-11(10)13(14,15)16/h3-4,6-7,9H,2,5H2,1H3. The molecule has 1 aromatic rings. The minimum Gasteiger partial charge on any atom is -0.293 e. The summed E-state index contributed by atoms with van der Waals surface area (Å²) in [5.41, 5.74) is -1.41. The second-order valence-corrected chi connectivity index (χ2v) is 3.88. The van der Waals surface area contributed by atoms with Crippen molar-refractivity contribution in [2.24, 2.45) is 5.92 Å². The first-order valence-corrected chi connectivity index (χ1v) is 5.51. The normalized spacial score (nSPS) is 12.8. The summed E-state index contributed by atoms with van der Waals surface area (Å²) >= 11 is 0. The number of carbonyl (C=O) groups is 1. The molecule has 1 atom stereocenters. The van der Waals surface area contributed by atoms with Crippen LogP contribution in [0.3, 0.4) is 0 Å². The van der Waals surface area contributed by atoms with E-state index in [1.807, 2.05) is 0 Å². The molecule has 0 N–H and O–H groups in total. The molecular weight excluding hydrogens is 243 g/mol. The van der Waals surface area contributed by atoms with E-state index in [4.69, 9.17) is 5.26 Å². The van der Waals surface area contributed by atoms with E-state index in [-0.39, 0.29) is 6.42 Å². The maximum Gasteiger partial charge on any atom is 0.417 e. The Balaban J connectivity index is 3.18. The van der Waals surface area contributed by atoms with Gasteiger partial charge < -0.3 is 0 Å². The lowest BCUT2D eigenvalue weighted by Crippen LogP contribution is -2.18. The summed E-state index contributed by atoms with van der Waals surface area (Å²) in [6.45, 7) is 1.77. The quantitative estimate of drug-likeness (QED) is 0.767. The number of benzene rings is 1. The molecule has 0 heterocycles. The minimum atomic E-state index is -4.58. The van der Waals surface area contributed by atoms with E-state index in [0.29, 0.717) is 6.42 Å². The van der Waals surface area contributed by atoms with Crippen molar-refractivity contribution in [1.82, 2.24) is 0 Å². The Hall–Kier alpha value is -1.83. The Kier molecular flexibility index (Phi) is 4.49. The molecule has 0 spiro atoms. The molecule has 0 bridgehead atoms. The fourth-order valence-electron chi connectivity index (χ4n) is 1.68. The van der Waals surface area contributed by atoms with Crippen molar-refractivity contribution in [3.05, 3.63) is 35.4 Å². The van der Waals surface area contributed by atoms with Gasteiger partial charge in [-0.1, -0.05) is 31.5 Å². The lowest BCUT2D eigenvalue weighted by atomic mass is 9.92. The van der Waals surface area contributed by atoms with E-state index in [9.17, 15) is 18.0 Å². The van der Waals surface area contributed by atoms with Gasteiger partial charge in [0.05, 0.1) is 11.6 Å². The molecule has 1 rings (SSSR count). The molecule has 0 aliphatic heterocycles. The zero-order valence-corrected chi connectivity index (χ0v) is 9.79. The number of hydrogen-bond donors (Lipinski definition) is 0. The van der Waals surface area contributed by atoms with Crippen molar-refractivity contribution in [1.29, 1.82) is 5.26 Å². The van der Waals surface area contributed by atoms with Crippen molar-refractivity contribution in [3.63, 3.8) is 0 Å². The van der Waals surface area contributed by atoms with Crippen LogP contribution in [0.5, 0.6) is 0 Å². The van der Waals surface area contributed by atoms with Crippen LogP contribution in [0.2, 0.25) is 0 Å². The molecule has 0 radical (unpaired) electrons. The van der Waals surface area contributed by atoms with Crippen molar-refractivity contribution in [3.8, 4) is 6.07 Å². The summed E-state index contributed by atoms with van der Waals surface area (Å²) < 4.78 is 38.2. The van der Waals surface area contributed by atoms with Gasteiger partial charge in [-0.2, -0.15) is 18.4 Å². The zero-order chi connectivity index (χ0) is 13.8. The van der Waals surface area contributed by atoms with E-state index in [2.05, 4.69) is 0 Å². The van der Waals surface area contributed by atoms with Gasteiger partial charge in [-0.25, -0.2) is 0 Å². The second kappa shape index (κ2) is 5.67. The molecule has 18 heavy (non-hydrogen) atoms. The van der Waals surface area contributed by atoms with Crippen molar-refractivity contribution < 1.29 is 18.0 Å². The Morgan fingerprint density at radius 1 is 1.39 bits per heavy atom. The molecule has 0 saturated heterocycles. The van der Waals surface area contributed by atoms with E-state index in [0.717, 1.165) is 12.1 Å². The number of halogens is 3. The highest BCUT2D eigenvalue weighted by Crippen LogP contribution is 2.33. The third kappa shape index (κ3) is 3.10. The average molecular weight is 255 g/mol.